The van der Waals surface area contributed by atoms with Crippen LogP contribution in [0, 0.1) is 50.2 Å². The molecule has 12 N–H and O–H groups in total. The molecule has 23 heteroatoms. The first-order chi connectivity index (χ1) is 37.3. The zero-order valence-electron chi connectivity index (χ0n) is 47.7. The van der Waals surface area contributed by atoms with Crippen molar-refractivity contribution >= 4 is 17.9 Å². The largest absolute Gasteiger partial charge is 0.479 e. The summed E-state index contributed by atoms with van der Waals surface area (Å²) in [7, 11) is 0. The molecule has 5 aliphatic carbocycles. The number of allylic oxidation sites excluding steroid dienone is 3. The summed E-state index contributed by atoms with van der Waals surface area (Å²) >= 11 is 0. The minimum absolute atomic E-state index is 0.153. The third kappa shape index (κ3) is 9.85. The molecule has 3 aliphatic heterocycles. The number of esters is 2. The standard InChI is InChI=1S/C57H88O23/c1-12-24(3)47(71)79-44-45(80-48(72)25(4)13-2)57(23-59)27(20-52(44,5)6)26-14-15-31-54(9)18-17-32(53(7,8)30(54)16-19-55(31,10)56(26,11)42(67)43(57)68)75-51-41(78-50-37(65)35(63)34(62)29(21-58)74-50)39(38(66)40(77-51)46(69)70)76-49-36(64)33(61)28(60)22-73-49/h12-14,27-45,49-51,58-68H,15-23H2,1-11H3,(H,69,70)/t27?,28-,29?,30?,31?,32+,33-,34+,35-,36?,37?,38+,39-,40?,41?,42+,43-,44+,45+,49+,50+,51-,54+,55-,56+,57+/m1/s1. The van der Waals surface area contributed by atoms with Crippen molar-refractivity contribution in [3.05, 3.63) is 34.9 Å². The van der Waals surface area contributed by atoms with Crippen molar-refractivity contribution in [2.45, 2.75) is 231 Å². The minimum atomic E-state index is -2.13. The van der Waals surface area contributed by atoms with E-state index in [1.807, 2.05) is 34.6 Å². The normalized spacial score (nSPS) is 49.2. The van der Waals surface area contributed by atoms with Gasteiger partial charge in [0.05, 0.1) is 43.5 Å². The average Bonchev–Trinajstić information content (AvgIpc) is 1.80. The van der Waals surface area contributed by atoms with Gasteiger partial charge in [-0.25, -0.2) is 14.4 Å². The Morgan fingerprint density at radius 1 is 0.675 bits per heavy atom. The van der Waals surface area contributed by atoms with Gasteiger partial charge >= 0.3 is 17.9 Å². The molecule has 0 spiro atoms. The maximum atomic E-state index is 13.9. The second-order valence-corrected chi connectivity index (χ2v) is 26.1. The molecule has 26 atom stereocenters. The van der Waals surface area contributed by atoms with Crippen molar-refractivity contribution in [2.75, 3.05) is 19.8 Å². The number of aliphatic hydroxyl groups is 11. The van der Waals surface area contributed by atoms with Gasteiger partial charge in [0, 0.05) is 22.0 Å². The van der Waals surface area contributed by atoms with Crippen LogP contribution in [0.4, 0.5) is 0 Å². The predicted octanol–water partition coefficient (Wildman–Crippen LogP) is 0.263. The number of hydrogen-bond acceptors (Lipinski definition) is 22. The van der Waals surface area contributed by atoms with Crippen LogP contribution in [0.3, 0.4) is 0 Å². The summed E-state index contributed by atoms with van der Waals surface area (Å²) in [5, 5.41) is 134. The Morgan fingerprint density at radius 3 is 1.86 bits per heavy atom. The van der Waals surface area contributed by atoms with Gasteiger partial charge in [-0.2, -0.15) is 0 Å². The molecule has 8 rings (SSSR count). The molecule has 454 valence electrons. The van der Waals surface area contributed by atoms with Crippen molar-refractivity contribution in [2.24, 2.45) is 50.2 Å². The van der Waals surface area contributed by atoms with Gasteiger partial charge in [0.2, 0.25) is 0 Å². The summed E-state index contributed by atoms with van der Waals surface area (Å²) in [6.45, 7) is 18.6. The summed E-state index contributed by atoms with van der Waals surface area (Å²) in [5.74, 6) is -4.02. The van der Waals surface area contributed by atoms with Crippen molar-refractivity contribution in [1.29, 1.82) is 0 Å². The minimum Gasteiger partial charge on any atom is -0.479 e. The van der Waals surface area contributed by atoms with E-state index in [-0.39, 0.29) is 23.8 Å². The lowest BCUT2D eigenvalue weighted by atomic mass is 9.32. The van der Waals surface area contributed by atoms with E-state index in [4.69, 9.17) is 37.9 Å². The molecule has 0 aromatic rings. The Labute approximate surface area is 466 Å². The molecule has 3 heterocycles. The lowest BCUT2D eigenvalue weighted by Gasteiger charge is -2.73. The van der Waals surface area contributed by atoms with Gasteiger partial charge < -0.3 is 99.2 Å². The lowest BCUT2D eigenvalue weighted by Crippen LogP contribution is -2.76. The van der Waals surface area contributed by atoms with E-state index < -0.39 is 193 Å². The second kappa shape index (κ2) is 22.7. The number of aliphatic hydroxyl groups excluding tert-OH is 11. The van der Waals surface area contributed by atoms with Crippen LogP contribution in [0.1, 0.15) is 115 Å². The summed E-state index contributed by atoms with van der Waals surface area (Å²) in [6, 6.07) is 0. The number of hydrogen-bond donors (Lipinski definition) is 12. The zero-order chi connectivity index (χ0) is 59.3. The van der Waals surface area contributed by atoms with Gasteiger partial charge in [0.1, 0.15) is 67.1 Å². The van der Waals surface area contributed by atoms with Crippen molar-refractivity contribution in [3.8, 4) is 0 Å². The van der Waals surface area contributed by atoms with Crippen LogP contribution >= 0.6 is 0 Å². The molecule has 0 amide bonds. The Hall–Kier alpha value is -3.05. The van der Waals surface area contributed by atoms with Crippen LogP contribution in [0.15, 0.2) is 34.9 Å². The molecular formula is C57H88O23. The van der Waals surface area contributed by atoms with Gasteiger partial charge in [-0.15, -0.1) is 0 Å². The van der Waals surface area contributed by atoms with Gasteiger partial charge in [0.25, 0.3) is 0 Å². The molecule has 3 saturated heterocycles. The van der Waals surface area contributed by atoms with E-state index in [2.05, 4.69) is 19.9 Å². The Morgan fingerprint density at radius 2 is 1.27 bits per heavy atom. The van der Waals surface area contributed by atoms with Crippen LogP contribution in [-0.4, -0.2) is 216 Å². The van der Waals surface area contributed by atoms with E-state index in [1.165, 1.54) is 0 Å². The molecule has 0 aromatic carbocycles. The number of carbonyl (C=O) groups is 3. The first kappa shape index (κ1) is 63.0. The fourth-order valence-corrected chi connectivity index (χ4v) is 16.2. The van der Waals surface area contributed by atoms with Crippen LogP contribution < -0.4 is 0 Å². The lowest BCUT2D eigenvalue weighted by molar-refractivity contribution is -0.392. The molecule has 23 nitrogen and oxygen atoms in total. The number of fused-ring (bicyclic) bond motifs is 7. The van der Waals surface area contributed by atoms with Crippen LogP contribution in [-0.2, 0) is 52.3 Å². The highest BCUT2D eigenvalue weighted by Gasteiger charge is 2.76. The molecular weight excluding hydrogens is 1050 g/mol. The summed E-state index contributed by atoms with van der Waals surface area (Å²) in [6.07, 6.45) is -24.4. The highest BCUT2D eigenvalue weighted by atomic mass is 16.8. The monoisotopic (exact) mass is 1140 g/mol. The Balaban J connectivity index is 1.14. The highest BCUT2D eigenvalue weighted by molar-refractivity contribution is 5.89. The average molecular weight is 1140 g/mol. The summed E-state index contributed by atoms with van der Waals surface area (Å²) in [4.78, 5) is 40.3. The van der Waals surface area contributed by atoms with E-state index in [0.717, 1.165) is 5.57 Å². The van der Waals surface area contributed by atoms with E-state index in [9.17, 15) is 75.7 Å². The smallest absolute Gasteiger partial charge is 0.335 e. The fraction of sp³-hybridized carbons (Fsp3) is 0.842. The molecule has 80 heavy (non-hydrogen) atoms. The molecule has 0 bridgehead atoms. The van der Waals surface area contributed by atoms with Crippen LogP contribution in [0.2, 0.25) is 0 Å². The Bertz CT molecular complexity index is 2390. The summed E-state index contributed by atoms with van der Waals surface area (Å²) in [5.41, 5.74) is -4.41. The molecule has 7 fully saturated rings. The van der Waals surface area contributed by atoms with Crippen molar-refractivity contribution < 1.29 is 114 Å². The van der Waals surface area contributed by atoms with Crippen LogP contribution in [0.25, 0.3) is 0 Å². The first-order valence-electron chi connectivity index (χ1n) is 28.1. The maximum absolute atomic E-state index is 13.9. The topological polar surface area (TPSA) is 368 Å². The molecule has 0 radical (unpaired) electrons. The number of carboxylic acids is 1. The molecule has 4 saturated carbocycles. The molecule has 8 aliphatic rings. The predicted molar refractivity (Wildman–Crippen MR) is 277 cm³/mol. The van der Waals surface area contributed by atoms with E-state index >= 15 is 0 Å². The van der Waals surface area contributed by atoms with Gasteiger partial charge in [-0.3, -0.25) is 0 Å². The van der Waals surface area contributed by atoms with Gasteiger partial charge in [-0.1, -0.05) is 72.3 Å². The molecule has 8 unspecified atom stereocenters. The number of carbonyl (C=O) groups excluding carboxylic acids is 2. The fourth-order valence-electron chi connectivity index (χ4n) is 16.2. The zero-order valence-corrected chi connectivity index (χ0v) is 47.7. The quantitative estimate of drug-likeness (QED) is 0.0509. The molecule has 0 aromatic heterocycles. The van der Waals surface area contributed by atoms with E-state index in [1.54, 1.807) is 39.8 Å². The van der Waals surface area contributed by atoms with E-state index in [0.29, 0.717) is 37.7 Å². The SMILES string of the molecule is CC=C(C)C(=O)O[C@H]1[C@H](OC(=O)C(C)=CC)[C@@]2(CO)C(CC1(C)C)C1=CCC3[C@@]4(C)CC[C@H](O[C@@H]5OC(C(=O)O)[C@@H](O)[C@@H](O[C@@H]6OC[C@@H](O)[C@@H](O)C6O)C5O[C@@H]5OC(CO)[C@H](O)[C@@H](O)C5O)C(C)(C)C4CC[C@@]3(C)[C@]1(C)[C@@H](O)[C@H]2O. The number of aliphatic carboxylic acids is 1. The number of ether oxygens (including phenoxy) is 8. The number of rotatable bonds is 13. The van der Waals surface area contributed by atoms with Gasteiger partial charge in [-0.05, 0) is 100 Å². The Kier molecular flexibility index (Phi) is 17.9. The third-order valence-electron chi connectivity index (χ3n) is 21.3. The maximum Gasteiger partial charge on any atom is 0.335 e. The highest BCUT2D eigenvalue weighted by Crippen LogP contribution is 2.76. The second-order valence-electron chi connectivity index (χ2n) is 26.1. The first-order valence-corrected chi connectivity index (χ1v) is 28.1. The van der Waals surface area contributed by atoms with Crippen LogP contribution in [0.5, 0.6) is 0 Å². The summed E-state index contributed by atoms with van der Waals surface area (Å²) < 4.78 is 48.9. The third-order valence-corrected chi connectivity index (χ3v) is 21.3. The van der Waals surface area contributed by atoms with Gasteiger partial charge in [0.15, 0.2) is 31.1 Å². The van der Waals surface area contributed by atoms with Crippen molar-refractivity contribution in [3.63, 3.8) is 0 Å². The van der Waals surface area contributed by atoms with Crippen molar-refractivity contribution in [1.82, 2.24) is 0 Å². The number of carboxylic acid groups (broad SMARTS) is 1.